The molecule has 3 rings (SSSR count). The first-order valence-electron chi connectivity index (χ1n) is 37.4. The van der Waals surface area contributed by atoms with E-state index in [-0.39, 0.29) is 88.6 Å². The number of amides is 12. The maximum absolute atomic E-state index is 15.0. The number of rotatable bonds is 51. The largest absolute Gasteiger partial charge is 0.368 e. The van der Waals surface area contributed by atoms with Gasteiger partial charge in [0, 0.05) is 36.9 Å². The predicted molar refractivity (Wildman–Crippen MR) is 403 cm³/mol. The van der Waals surface area contributed by atoms with Crippen molar-refractivity contribution < 1.29 is 57.5 Å². The van der Waals surface area contributed by atoms with Crippen molar-refractivity contribution in [3.05, 3.63) is 71.9 Å². The smallest absolute Gasteiger partial charge is 0.243 e. The summed E-state index contributed by atoms with van der Waals surface area (Å²) in [6, 6.07) is 3.07. The minimum absolute atomic E-state index is 0.0128. The third kappa shape index (κ3) is 32.2. The topological polar surface area (TPSA) is 483 Å². The fourth-order valence-corrected chi connectivity index (χ4v) is 12.1. The van der Waals surface area contributed by atoms with Gasteiger partial charge >= 0.3 is 0 Å². The summed E-state index contributed by atoms with van der Waals surface area (Å²) in [5.74, 6) is -9.60. The molecular weight excluding hydrogens is 1330 g/mol. The van der Waals surface area contributed by atoms with E-state index in [0.29, 0.717) is 76.4 Å². The van der Waals surface area contributed by atoms with E-state index >= 15 is 0 Å². The molecule has 2 aromatic carbocycles. The molecule has 12 atom stereocenters. The van der Waals surface area contributed by atoms with Crippen LogP contribution in [0.1, 0.15) is 190 Å². The monoisotopic (exact) mass is 1460 g/mol. The van der Waals surface area contributed by atoms with Gasteiger partial charge in [-0.2, -0.15) is 0 Å². The van der Waals surface area contributed by atoms with Crippen LogP contribution in [-0.2, 0) is 70.4 Å². The Morgan fingerprint density at radius 2 is 0.712 bits per heavy atom. The average Bonchev–Trinajstić information content (AvgIpc) is 1.66. The summed E-state index contributed by atoms with van der Waals surface area (Å²) in [6.07, 6.45) is 6.46. The fourth-order valence-electron chi connectivity index (χ4n) is 12.1. The molecule has 0 saturated carbocycles. The Kier molecular flexibility index (Phi) is 41.2. The highest BCUT2D eigenvalue weighted by Crippen LogP contribution is 2.21. The molecule has 0 saturated heterocycles. The van der Waals surface area contributed by atoms with Crippen LogP contribution in [0.15, 0.2) is 60.8 Å². The van der Waals surface area contributed by atoms with Crippen LogP contribution in [0.4, 0.5) is 0 Å². The molecule has 0 aliphatic rings. The Morgan fingerprint density at radius 1 is 0.375 bits per heavy atom. The zero-order valence-electron chi connectivity index (χ0n) is 63.4. The second kappa shape index (κ2) is 47.7. The highest BCUT2D eigenvalue weighted by Gasteiger charge is 2.38. The molecule has 12 amide bonds. The maximum Gasteiger partial charge on any atom is 0.243 e. The molecule has 0 unspecified atom stereocenters. The van der Waals surface area contributed by atoms with Crippen molar-refractivity contribution in [3.63, 3.8) is 0 Å². The van der Waals surface area contributed by atoms with Gasteiger partial charge in [-0.25, -0.2) is 0 Å². The number of nitrogens with two attached hydrogens (primary N) is 5. The van der Waals surface area contributed by atoms with Crippen LogP contribution in [-0.4, -0.2) is 169 Å². The van der Waals surface area contributed by atoms with Crippen LogP contribution in [0.5, 0.6) is 0 Å². The lowest BCUT2D eigenvalue weighted by Gasteiger charge is -2.30. The standard InChI is InChI=1S/C75H125N17O12/c1-12-48(10)64(75(104)90-60(40-46(6)7)70(99)86-56(32-20-24-36-78)68(97)91-63(47(8)9)74(103)87-58(65(80)94)38-44(2)3)92-69(98)57(33-21-25-37-79)83-66(95)54(30-18-22-34-76)84-72(101)61(41-50-26-14-13-15-27-50)89-71(100)59(39-45(4)5)88-67(96)55(31-19-23-35-77)85-73(102)62(82-49(11)93)42-51-43-81-53-29-17-16-28-52(51)53/h13-17,26-29,43-48,54-64,81H,12,18-25,30-42,76-79H2,1-11H3,(H2,80,94)(H,82,93)(H,83,95)(H,84,101)(H,85,102)(H,86,99)(H,87,103)(H,88,96)(H,89,100)(H,90,104)(H,91,97)(H,92,98)/t48-,54-,55-,56-,57-,58-,59-,60-,61-,62-,63-,64-/m0/s1. The first-order valence-corrected chi connectivity index (χ1v) is 37.4. The van der Waals surface area contributed by atoms with Gasteiger partial charge in [0.05, 0.1) is 0 Å². The Labute approximate surface area is 614 Å². The zero-order chi connectivity index (χ0) is 77.6. The Balaban J connectivity index is 1.98. The van der Waals surface area contributed by atoms with E-state index in [4.69, 9.17) is 28.7 Å². The molecule has 0 spiro atoms. The summed E-state index contributed by atoms with van der Waals surface area (Å²) in [6.45, 7) is 20.5. The average molecular weight is 1460 g/mol. The molecule has 0 bridgehead atoms. The number of hydrogen-bond donors (Lipinski definition) is 17. The molecule has 0 aliphatic heterocycles. The summed E-state index contributed by atoms with van der Waals surface area (Å²) < 4.78 is 0. The van der Waals surface area contributed by atoms with Crippen molar-refractivity contribution >= 4 is 81.8 Å². The van der Waals surface area contributed by atoms with E-state index < -0.39 is 149 Å². The first kappa shape index (κ1) is 89.7. The van der Waals surface area contributed by atoms with E-state index in [1.54, 1.807) is 57.3 Å². The van der Waals surface area contributed by atoms with Gasteiger partial charge in [0.25, 0.3) is 0 Å². The zero-order valence-corrected chi connectivity index (χ0v) is 63.4. The van der Waals surface area contributed by atoms with Crippen LogP contribution in [0.3, 0.4) is 0 Å². The summed E-state index contributed by atoms with van der Waals surface area (Å²) in [5, 5.41) is 31.8. The van der Waals surface area contributed by atoms with Crippen molar-refractivity contribution in [1.29, 1.82) is 0 Å². The lowest BCUT2D eigenvalue weighted by molar-refractivity contribution is -0.137. The van der Waals surface area contributed by atoms with E-state index in [9.17, 15) is 57.5 Å². The molecule has 0 radical (unpaired) electrons. The SMILES string of the molecule is CC[C@H](C)[C@H](NC(=O)[C@H](CCCCN)NC(=O)[C@H](CCCCN)NC(=O)[C@H](Cc1ccccc1)NC(=O)[C@H](CC(C)C)NC(=O)[C@H](CCCCN)NC(=O)[C@H](Cc1c[nH]c2ccccc12)NC(C)=O)C(=O)N[C@@H](CC(C)C)C(=O)N[C@@H](CCCCN)C(=O)N[C@H](C(=O)N[C@@H](CC(C)C)C(N)=O)C(C)C. The van der Waals surface area contributed by atoms with Crippen molar-refractivity contribution in [2.24, 2.45) is 58.3 Å². The Hall–Kier alpha value is -8.54. The number of unbranched alkanes of at least 4 members (excludes halogenated alkanes) is 4. The highest BCUT2D eigenvalue weighted by molar-refractivity contribution is 6.00. The molecule has 22 N–H and O–H groups in total. The number of carbonyl (C=O) groups is 12. The van der Waals surface area contributed by atoms with Gasteiger partial charge in [0.15, 0.2) is 0 Å². The number of carbonyl (C=O) groups excluding carboxylic acids is 12. The normalized spacial score (nSPS) is 15.0. The molecule has 582 valence electrons. The Bertz CT molecular complexity index is 3200. The number of fused-ring (bicyclic) bond motifs is 1. The summed E-state index contributed by atoms with van der Waals surface area (Å²) in [5.41, 5.74) is 31.4. The molecular formula is C75H125N17O12. The van der Waals surface area contributed by atoms with Crippen LogP contribution < -0.4 is 87.2 Å². The van der Waals surface area contributed by atoms with Crippen molar-refractivity contribution in [2.45, 2.75) is 258 Å². The van der Waals surface area contributed by atoms with Crippen molar-refractivity contribution in [2.75, 3.05) is 26.2 Å². The number of para-hydroxylation sites is 1. The molecule has 104 heavy (non-hydrogen) atoms. The second-order valence-corrected chi connectivity index (χ2v) is 29.0. The second-order valence-electron chi connectivity index (χ2n) is 29.0. The lowest BCUT2D eigenvalue weighted by atomic mass is 9.95. The third-order valence-corrected chi connectivity index (χ3v) is 18.1. The van der Waals surface area contributed by atoms with Gasteiger partial charge < -0.3 is 92.1 Å². The molecule has 0 fully saturated rings. The van der Waals surface area contributed by atoms with Gasteiger partial charge in [0.2, 0.25) is 70.9 Å². The van der Waals surface area contributed by atoms with Crippen LogP contribution in [0.2, 0.25) is 0 Å². The number of nitrogens with one attached hydrogen (secondary N) is 12. The first-order chi connectivity index (χ1) is 49.4. The van der Waals surface area contributed by atoms with Gasteiger partial charge in [-0.15, -0.1) is 0 Å². The quantitative estimate of drug-likeness (QED) is 0.0360. The number of H-pyrrole nitrogens is 1. The molecule has 29 nitrogen and oxygen atoms in total. The van der Waals surface area contributed by atoms with E-state index in [1.165, 1.54) is 6.92 Å². The molecule has 29 heteroatoms. The Morgan fingerprint density at radius 3 is 1.12 bits per heavy atom. The van der Waals surface area contributed by atoms with Gasteiger partial charge in [0.1, 0.15) is 66.5 Å². The van der Waals surface area contributed by atoms with Crippen LogP contribution in [0, 0.1) is 29.6 Å². The lowest BCUT2D eigenvalue weighted by Crippen LogP contribution is -2.62. The predicted octanol–water partition coefficient (Wildman–Crippen LogP) is 2.15. The van der Waals surface area contributed by atoms with Gasteiger partial charge in [-0.3, -0.25) is 57.5 Å². The van der Waals surface area contributed by atoms with Crippen molar-refractivity contribution in [3.8, 4) is 0 Å². The molecule has 0 aliphatic carbocycles. The molecule has 1 heterocycles. The summed E-state index contributed by atoms with van der Waals surface area (Å²) in [4.78, 5) is 173. The maximum atomic E-state index is 15.0. The van der Waals surface area contributed by atoms with E-state index in [0.717, 1.165) is 16.5 Å². The molecule has 1 aromatic heterocycles. The summed E-state index contributed by atoms with van der Waals surface area (Å²) >= 11 is 0. The third-order valence-electron chi connectivity index (χ3n) is 18.1. The number of primary amides is 1. The fraction of sp³-hybridized carbons (Fsp3) is 0.653. The van der Waals surface area contributed by atoms with Crippen molar-refractivity contribution in [1.82, 2.24) is 63.5 Å². The van der Waals surface area contributed by atoms with Crippen LogP contribution >= 0.6 is 0 Å². The molecule has 3 aromatic rings. The van der Waals surface area contributed by atoms with E-state index in [1.807, 2.05) is 72.7 Å². The minimum Gasteiger partial charge on any atom is -0.368 e. The van der Waals surface area contributed by atoms with Gasteiger partial charge in [-0.1, -0.05) is 124 Å². The number of aromatic amines is 1. The van der Waals surface area contributed by atoms with Gasteiger partial charge in [-0.05, 0) is 169 Å². The number of hydrogen-bond acceptors (Lipinski definition) is 16. The van der Waals surface area contributed by atoms with Crippen LogP contribution in [0.25, 0.3) is 10.9 Å². The number of aromatic nitrogens is 1. The number of benzene rings is 2. The highest BCUT2D eigenvalue weighted by atomic mass is 16.2. The summed E-state index contributed by atoms with van der Waals surface area (Å²) in [7, 11) is 0. The van der Waals surface area contributed by atoms with E-state index in [2.05, 4.69) is 63.5 Å². The minimum atomic E-state index is -1.35.